The van der Waals surface area contributed by atoms with Crippen molar-refractivity contribution in [3.8, 4) is 0 Å². The van der Waals surface area contributed by atoms with Gasteiger partial charge in [0.05, 0.1) is 0 Å². The van der Waals surface area contributed by atoms with Gasteiger partial charge >= 0.3 is 0 Å². The first-order chi connectivity index (χ1) is 7.10. The molecule has 0 aromatic heterocycles. The van der Waals surface area contributed by atoms with E-state index in [0.717, 1.165) is 23.4 Å². The molecule has 0 aromatic rings. The second kappa shape index (κ2) is 4.91. The van der Waals surface area contributed by atoms with Gasteiger partial charge in [-0.15, -0.1) is 0 Å². The maximum Gasteiger partial charge on any atom is 0.228 e. The van der Waals surface area contributed by atoms with Gasteiger partial charge in [-0.25, -0.2) is 21.1 Å². The molecule has 0 spiro atoms. The molecule has 0 unspecified atom stereocenters. The van der Waals surface area contributed by atoms with Crippen LogP contribution in [0.15, 0.2) is 0 Å². The van der Waals surface area contributed by atoms with Crippen LogP contribution in [0.5, 0.6) is 0 Å². The van der Waals surface area contributed by atoms with E-state index in [1.807, 2.05) is 0 Å². The topological polar surface area (TPSA) is 71.5 Å². The zero-order valence-corrected chi connectivity index (χ0v) is 12.5. The molecule has 0 radical (unpaired) electrons. The summed E-state index contributed by atoms with van der Waals surface area (Å²) in [6, 6.07) is 0. The number of hydrogen-bond acceptors (Lipinski definition) is 4. The maximum atomic E-state index is 11.6. The van der Waals surface area contributed by atoms with Gasteiger partial charge in [0, 0.05) is 24.7 Å². The van der Waals surface area contributed by atoms with Crippen molar-refractivity contribution in [1.29, 1.82) is 0 Å². The maximum absolute atomic E-state index is 11.6. The van der Waals surface area contributed by atoms with Crippen LogP contribution in [0.25, 0.3) is 0 Å². The molecule has 1 rings (SSSR count). The highest BCUT2D eigenvalue weighted by Crippen LogP contribution is 2.33. The van der Waals surface area contributed by atoms with Crippen LogP contribution in [0.1, 0.15) is 12.8 Å². The van der Waals surface area contributed by atoms with E-state index in [2.05, 4.69) is 15.9 Å². The van der Waals surface area contributed by atoms with Crippen molar-refractivity contribution >= 4 is 35.8 Å². The molecule has 0 amide bonds. The van der Waals surface area contributed by atoms with Crippen LogP contribution < -0.4 is 0 Å². The molecule has 5 nitrogen and oxygen atoms in total. The SMILES string of the molecule is CN(CC1CC(Br)C1)S(=O)(=O)CS(C)(=O)=O. The van der Waals surface area contributed by atoms with Gasteiger partial charge in [0.25, 0.3) is 0 Å². The Morgan fingerprint density at radius 3 is 2.12 bits per heavy atom. The largest absolute Gasteiger partial charge is 0.228 e. The summed E-state index contributed by atoms with van der Waals surface area (Å²) in [4.78, 5) is 0.475. The Bertz CT molecular complexity index is 439. The molecule has 1 aliphatic carbocycles. The minimum Gasteiger partial charge on any atom is -0.228 e. The second-order valence-corrected chi connectivity index (χ2v) is 10.2. The molecular weight excluding hydrogens is 318 g/mol. The molecule has 0 atom stereocenters. The van der Waals surface area contributed by atoms with E-state index in [-0.39, 0.29) is 0 Å². The fraction of sp³-hybridized carbons (Fsp3) is 1.00. The molecule has 1 fully saturated rings. The van der Waals surface area contributed by atoms with Crippen LogP contribution in [0.4, 0.5) is 0 Å². The number of hydrogen-bond donors (Lipinski definition) is 0. The summed E-state index contributed by atoms with van der Waals surface area (Å²) in [5.74, 6) is 0.337. The summed E-state index contributed by atoms with van der Waals surface area (Å²) in [7, 11) is -5.75. The van der Waals surface area contributed by atoms with Gasteiger partial charge in [0.2, 0.25) is 10.0 Å². The smallest absolute Gasteiger partial charge is 0.228 e. The van der Waals surface area contributed by atoms with Crippen molar-refractivity contribution in [2.45, 2.75) is 17.7 Å². The van der Waals surface area contributed by atoms with E-state index in [1.165, 1.54) is 7.05 Å². The van der Waals surface area contributed by atoms with Crippen molar-refractivity contribution in [3.05, 3.63) is 0 Å². The zero-order valence-electron chi connectivity index (χ0n) is 9.26. The Hall–Kier alpha value is 0.340. The molecular formula is C8H16BrNO4S2. The first-order valence-electron chi connectivity index (χ1n) is 4.86. The standard InChI is InChI=1S/C8H16BrNO4S2/c1-10(5-7-3-8(9)4-7)16(13,14)6-15(2,11)12/h7-8H,3-6H2,1-2H3. The molecule has 1 aliphatic rings. The number of rotatable bonds is 5. The fourth-order valence-electron chi connectivity index (χ4n) is 1.64. The number of nitrogens with zero attached hydrogens (tertiary/aromatic N) is 1. The van der Waals surface area contributed by atoms with Gasteiger partial charge < -0.3 is 0 Å². The molecule has 0 N–H and O–H groups in total. The van der Waals surface area contributed by atoms with E-state index in [1.54, 1.807) is 0 Å². The van der Waals surface area contributed by atoms with Crippen LogP contribution >= 0.6 is 15.9 Å². The highest BCUT2D eigenvalue weighted by molar-refractivity contribution is 9.09. The molecule has 0 bridgehead atoms. The second-order valence-electron chi connectivity index (χ2n) is 4.37. The van der Waals surface area contributed by atoms with E-state index < -0.39 is 24.9 Å². The van der Waals surface area contributed by atoms with Gasteiger partial charge in [-0.2, -0.15) is 0 Å². The molecule has 0 heterocycles. The molecule has 0 saturated heterocycles. The third-order valence-electron chi connectivity index (χ3n) is 2.53. The molecule has 16 heavy (non-hydrogen) atoms. The zero-order chi connectivity index (χ0) is 12.6. The molecule has 1 saturated carbocycles. The lowest BCUT2D eigenvalue weighted by atomic mass is 9.85. The van der Waals surface area contributed by atoms with Crippen molar-refractivity contribution in [3.63, 3.8) is 0 Å². The average molecular weight is 334 g/mol. The predicted molar refractivity (Wildman–Crippen MR) is 66.7 cm³/mol. The first-order valence-corrected chi connectivity index (χ1v) is 9.44. The number of sulfone groups is 1. The molecule has 96 valence electrons. The monoisotopic (exact) mass is 333 g/mol. The molecule has 0 aliphatic heterocycles. The van der Waals surface area contributed by atoms with Crippen LogP contribution in [0.3, 0.4) is 0 Å². The van der Waals surface area contributed by atoms with E-state index in [9.17, 15) is 16.8 Å². The first kappa shape index (κ1) is 14.4. The third-order valence-corrected chi connectivity index (χ3v) is 7.28. The molecule has 8 heteroatoms. The van der Waals surface area contributed by atoms with Gasteiger partial charge in [0.1, 0.15) is 0 Å². The Morgan fingerprint density at radius 1 is 1.25 bits per heavy atom. The molecule has 0 aromatic carbocycles. The van der Waals surface area contributed by atoms with Crippen molar-refractivity contribution in [2.75, 3.05) is 24.9 Å². The minimum absolute atomic E-state index is 0.337. The fourth-order valence-corrected chi connectivity index (χ4v) is 6.02. The number of alkyl halides is 1. The lowest BCUT2D eigenvalue weighted by molar-refractivity contribution is 0.276. The van der Waals surface area contributed by atoms with Crippen LogP contribution in [-0.4, -0.2) is 50.9 Å². The van der Waals surface area contributed by atoms with E-state index >= 15 is 0 Å². The van der Waals surface area contributed by atoms with Crippen molar-refractivity contribution in [2.24, 2.45) is 5.92 Å². The summed E-state index contributed by atoms with van der Waals surface area (Å²) in [5.41, 5.74) is 0. The van der Waals surface area contributed by atoms with Gasteiger partial charge in [0.15, 0.2) is 14.9 Å². The highest BCUT2D eigenvalue weighted by Gasteiger charge is 2.31. The van der Waals surface area contributed by atoms with Gasteiger partial charge in [-0.1, -0.05) is 15.9 Å². The average Bonchev–Trinajstić information content (AvgIpc) is 1.96. The van der Waals surface area contributed by atoms with Crippen LogP contribution in [0, 0.1) is 5.92 Å². The Balaban J connectivity index is 2.56. The minimum atomic E-state index is -3.68. The summed E-state index contributed by atoms with van der Waals surface area (Å²) in [5, 5.41) is -0.805. The normalized spacial score (nSPS) is 26.8. The summed E-state index contributed by atoms with van der Waals surface area (Å²) in [6.07, 6.45) is 2.81. The predicted octanol–water partition coefficient (Wildman–Crippen LogP) is 0.424. The number of sulfonamides is 1. The van der Waals surface area contributed by atoms with Gasteiger partial charge in [-0.3, -0.25) is 0 Å². The summed E-state index contributed by atoms with van der Waals surface area (Å²) in [6.45, 7) is 0.403. The lowest BCUT2D eigenvalue weighted by Gasteiger charge is -2.33. The Labute approximate surface area is 105 Å². The third kappa shape index (κ3) is 4.31. The van der Waals surface area contributed by atoms with E-state index in [4.69, 9.17) is 0 Å². The summed E-state index contributed by atoms with van der Waals surface area (Å²) >= 11 is 3.43. The Morgan fingerprint density at radius 2 is 1.75 bits per heavy atom. The Kier molecular flexibility index (Phi) is 4.42. The van der Waals surface area contributed by atoms with E-state index in [0.29, 0.717) is 17.3 Å². The highest BCUT2D eigenvalue weighted by atomic mass is 79.9. The van der Waals surface area contributed by atoms with Crippen molar-refractivity contribution in [1.82, 2.24) is 4.31 Å². The van der Waals surface area contributed by atoms with Crippen LogP contribution in [0.2, 0.25) is 0 Å². The van der Waals surface area contributed by atoms with Crippen molar-refractivity contribution < 1.29 is 16.8 Å². The summed E-state index contributed by atoms with van der Waals surface area (Å²) < 4.78 is 46.3. The lowest BCUT2D eigenvalue weighted by Crippen LogP contribution is -2.39. The quantitative estimate of drug-likeness (QED) is 0.684. The van der Waals surface area contributed by atoms with Crippen LogP contribution in [-0.2, 0) is 19.9 Å². The number of halogens is 1. The van der Waals surface area contributed by atoms with Gasteiger partial charge in [-0.05, 0) is 18.8 Å².